The van der Waals surface area contributed by atoms with Crippen LogP contribution in [0.25, 0.3) is 0 Å². The molecule has 0 aliphatic rings. The maximum Gasteiger partial charge on any atom is 0.344 e. The number of carbonyl (C=O) groups is 2. The van der Waals surface area contributed by atoms with Crippen LogP contribution in [-0.2, 0) is 14.8 Å². The fourth-order valence-electron chi connectivity index (χ4n) is 2.58. The number of carbonyl (C=O) groups excluding carboxylic acids is 2. The number of sulfonamides is 1. The molecule has 0 aromatic carbocycles. The molecule has 3 aromatic rings. The van der Waals surface area contributed by atoms with Gasteiger partial charge in [0.2, 0.25) is 17.7 Å². The molecule has 3 aromatic heterocycles. The Balaban J connectivity index is 2.11. The third kappa shape index (κ3) is 4.99. The van der Waals surface area contributed by atoms with E-state index < -0.39 is 38.4 Å². The van der Waals surface area contributed by atoms with Crippen LogP contribution in [0.3, 0.4) is 0 Å². The number of H-pyrrole nitrogens is 1. The van der Waals surface area contributed by atoms with E-state index >= 15 is 0 Å². The molecule has 180 valence electrons. The van der Waals surface area contributed by atoms with Gasteiger partial charge in [0.15, 0.2) is 10.8 Å². The van der Waals surface area contributed by atoms with Gasteiger partial charge in [0, 0.05) is 6.20 Å². The average Bonchev–Trinajstić information content (AvgIpc) is 3.31. The van der Waals surface area contributed by atoms with E-state index in [4.69, 9.17) is 25.8 Å². The third-order valence-corrected chi connectivity index (χ3v) is 5.97. The van der Waals surface area contributed by atoms with Crippen LogP contribution in [0.5, 0.6) is 11.8 Å². The predicted molar refractivity (Wildman–Crippen MR) is 118 cm³/mol. The zero-order chi connectivity index (χ0) is 24.9. The minimum Gasteiger partial charge on any atom is -0.481 e. The van der Waals surface area contributed by atoms with E-state index in [2.05, 4.69) is 30.5 Å². The number of nitrogens with one attached hydrogen (secondary N) is 2. The smallest absolute Gasteiger partial charge is 0.344 e. The number of urea groups is 1. The number of amides is 2. The van der Waals surface area contributed by atoms with Crippen LogP contribution >= 0.6 is 11.6 Å². The van der Waals surface area contributed by atoms with Crippen molar-refractivity contribution in [1.82, 2.24) is 25.1 Å². The Kier molecular flexibility index (Phi) is 7.47. The van der Waals surface area contributed by atoms with Gasteiger partial charge in [-0.25, -0.2) is 14.6 Å². The molecule has 2 amide bonds. The van der Waals surface area contributed by atoms with E-state index in [1.54, 1.807) is 6.92 Å². The van der Waals surface area contributed by atoms with Gasteiger partial charge in [0.25, 0.3) is 10.0 Å². The minimum absolute atomic E-state index is 0.0191. The average molecular weight is 512 g/mol. The first kappa shape index (κ1) is 24.7. The Morgan fingerprint density at radius 1 is 1.21 bits per heavy atom. The zero-order valence-corrected chi connectivity index (χ0v) is 19.5. The maximum atomic E-state index is 13.6. The Morgan fingerprint density at radius 3 is 2.47 bits per heavy atom. The normalized spacial score (nSPS) is 10.9. The predicted octanol–water partition coefficient (Wildman–Crippen LogP) is 1.87. The number of aromatic nitrogens is 5. The van der Waals surface area contributed by atoms with Crippen molar-refractivity contribution in [3.63, 3.8) is 0 Å². The maximum absolute atomic E-state index is 13.6. The second kappa shape index (κ2) is 10.3. The summed E-state index contributed by atoms with van der Waals surface area (Å²) in [5, 5.41) is 7.15. The van der Waals surface area contributed by atoms with E-state index in [1.165, 1.54) is 38.6 Å². The fraction of sp³-hybridized carbons (Fsp3) is 0.222. The number of halogens is 1. The summed E-state index contributed by atoms with van der Waals surface area (Å²) >= 11 is 6.14. The van der Waals surface area contributed by atoms with Crippen molar-refractivity contribution >= 4 is 45.4 Å². The molecular weight excluding hydrogens is 494 g/mol. The summed E-state index contributed by atoms with van der Waals surface area (Å²) in [6.07, 6.45) is 2.18. The number of methoxy groups -OCH3 is 2. The van der Waals surface area contributed by atoms with Gasteiger partial charge < -0.3 is 14.2 Å². The molecule has 16 heteroatoms. The van der Waals surface area contributed by atoms with E-state index in [1.807, 2.05) is 0 Å². The van der Waals surface area contributed by atoms with E-state index in [0.29, 0.717) is 0 Å². The second-order valence-corrected chi connectivity index (χ2v) is 8.25. The summed E-state index contributed by atoms with van der Waals surface area (Å²) in [6, 6.07) is 2.82. The molecule has 34 heavy (non-hydrogen) atoms. The molecule has 3 rings (SSSR count). The van der Waals surface area contributed by atoms with Crippen LogP contribution in [0.1, 0.15) is 17.3 Å². The SMILES string of the molecule is CCOC(=O)c1cn[nH]c1S(=O)(=O)N(C(=O)Nc1nc(OC)cc(OC)n1)c1ncccc1Cl. The minimum atomic E-state index is -4.84. The van der Waals surface area contributed by atoms with Crippen LogP contribution in [-0.4, -0.2) is 66.4 Å². The zero-order valence-electron chi connectivity index (χ0n) is 18.0. The van der Waals surface area contributed by atoms with Crippen molar-refractivity contribution in [2.75, 3.05) is 30.4 Å². The Morgan fingerprint density at radius 2 is 1.88 bits per heavy atom. The van der Waals surface area contributed by atoms with E-state index in [0.717, 1.165) is 6.20 Å². The van der Waals surface area contributed by atoms with Gasteiger partial charge in [-0.15, -0.1) is 0 Å². The quantitative estimate of drug-likeness (QED) is 0.421. The number of anilines is 2. The van der Waals surface area contributed by atoms with Crippen LogP contribution in [0.4, 0.5) is 16.6 Å². The van der Waals surface area contributed by atoms with Gasteiger partial charge in [0.1, 0.15) is 5.56 Å². The van der Waals surface area contributed by atoms with Crippen LogP contribution in [0, 0.1) is 0 Å². The van der Waals surface area contributed by atoms with Crippen molar-refractivity contribution in [3.05, 3.63) is 41.2 Å². The number of nitrogens with zero attached hydrogens (tertiary/aromatic N) is 5. The second-order valence-electron chi connectivity index (χ2n) is 6.12. The van der Waals surface area contributed by atoms with Gasteiger partial charge in [0.05, 0.1) is 38.1 Å². The number of aromatic amines is 1. The summed E-state index contributed by atoms with van der Waals surface area (Å²) in [5.74, 6) is -1.70. The first-order valence-electron chi connectivity index (χ1n) is 9.37. The first-order chi connectivity index (χ1) is 16.2. The Labute approximate surface area is 198 Å². The number of ether oxygens (including phenoxy) is 3. The van der Waals surface area contributed by atoms with Gasteiger partial charge in [-0.05, 0) is 19.1 Å². The van der Waals surface area contributed by atoms with Crippen molar-refractivity contribution in [1.29, 1.82) is 0 Å². The molecule has 14 nitrogen and oxygen atoms in total. The molecule has 0 saturated carbocycles. The molecule has 0 spiro atoms. The highest BCUT2D eigenvalue weighted by molar-refractivity contribution is 7.93. The molecule has 3 heterocycles. The highest BCUT2D eigenvalue weighted by Gasteiger charge is 2.38. The molecule has 0 atom stereocenters. The number of rotatable bonds is 8. The van der Waals surface area contributed by atoms with E-state index in [-0.39, 0.29) is 33.6 Å². The molecule has 0 radical (unpaired) electrons. The Bertz CT molecular complexity index is 1290. The molecule has 0 aliphatic carbocycles. The molecule has 0 bridgehead atoms. The number of pyridine rings is 1. The summed E-state index contributed by atoms with van der Waals surface area (Å²) in [6.45, 7) is 1.52. The summed E-state index contributed by atoms with van der Waals surface area (Å²) in [7, 11) is -2.19. The van der Waals surface area contributed by atoms with Crippen LogP contribution < -0.4 is 19.1 Å². The van der Waals surface area contributed by atoms with Gasteiger partial charge in [-0.3, -0.25) is 10.4 Å². The molecule has 0 aliphatic heterocycles. The highest BCUT2D eigenvalue weighted by atomic mass is 35.5. The molecule has 0 fully saturated rings. The highest BCUT2D eigenvalue weighted by Crippen LogP contribution is 2.30. The van der Waals surface area contributed by atoms with Gasteiger partial charge >= 0.3 is 12.0 Å². The molecule has 2 N–H and O–H groups in total. The number of esters is 1. The fourth-order valence-corrected chi connectivity index (χ4v) is 4.24. The number of hydrogen-bond acceptors (Lipinski definition) is 11. The molecule has 0 saturated heterocycles. The lowest BCUT2D eigenvalue weighted by atomic mass is 10.4. The van der Waals surface area contributed by atoms with Crippen LogP contribution in [0.15, 0.2) is 35.6 Å². The number of hydrogen-bond donors (Lipinski definition) is 2. The largest absolute Gasteiger partial charge is 0.481 e. The monoisotopic (exact) mass is 511 g/mol. The van der Waals surface area contributed by atoms with Crippen molar-refractivity contribution in [2.45, 2.75) is 11.9 Å². The third-order valence-electron chi connectivity index (χ3n) is 4.03. The Hall–Kier alpha value is -3.98. The molecule has 0 unspecified atom stereocenters. The standard InChI is InChI=1S/C18H18ClN7O7S/c1-4-33-16(27)10-9-21-25-15(10)34(29,30)26(14-11(19)6-5-7-20-14)18(28)24-17-22-12(31-2)8-13(23-17)32-3/h5-9H,4H2,1-3H3,(H,21,25)(H,22,23,24,28). The lowest BCUT2D eigenvalue weighted by molar-refractivity contribution is 0.0521. The van der Waals surface area contributed by atoms with Crippen molar-refractivity contribution in [3.8, 4) is 11.8 Å². The summed E-state index contributed by atoms with van der Waals surface area (Å²) < 4.78 is 42.2. The van der Waals surface area contributed by atoms with Crippen molar-refractivity contribution in [2.24, 2.45) is 0 Å². The first-order valence-corrected chi connectivity index (χ1v) is 11.2. The summed E-state index contributed by atoms with van der Waals surface area (Å²) in [5.41, 5.74) is -0.425. The van der Waals surface area contributed by atoms with Gasteiger partial charge in [-0.2, -0.15) is 27.8 Å². The lowest BCUT2D eigenvalue weighted by Crippen LogP contribution is -2.42. The topological polar surface area (TPSA) is 179 Å². The van der Waals surface area contributed by atoms with Crippen molar-refractivity contribution < 1.29 is 32.2 Å². The van der Waals surface area contributed by atoms with Crippen LogP contribution in [0.2, 0.25) is 5.02 Å². The molecular formula is C18H18ClN7O7S. The summed E-state index contributed by atoms with van der Waals surface area (Å²) in [4.78, 5) is 37.3. The van der Waals surface area contributed by atoms with Gasteiger partial charge in [-0.1, -0.05) is 11.6 Å². The van der Waals surface area contributed by atoms with E-state index in [9.17, 15) is 18.0 Å². The lowest BCUT2D eigenvalue weighted by Gasteiger charge is -2.22.